The minimum atomic E-state index is 0. The molecule has 2 aromatic heterocycles. The summed E-state index contributed by atoms with van der Waals surface area (Å²) in [7, 11) is 0. The minimum absolute atomic E-state index is 0. The number of nitrogen functional groups attached to an aromatic ring is 1. The number of fused-ring (bicyclic) bond motifs is 6. The Morgan fingerprint density at radius 3 is 0.844 bits per heavy atom. The lowest BCUT2D eigenvalue weighted by Crippen LogP contribution is -1.94. The van der Waals surface area contributed by atoms with E-state index < -0.39 is 0 Å². The number of halogens is 1. The maximum Gasteiger partial charge on any atom is 0.0541 e. The molecule has 2 heterocycles. The van der Waals surface area contributed by atoms with E-state index >= 15 is 0 Å². The Morgan fingerprint density at radius 2 is 0.489 bits per heavy atom. The number of nitrogens with two attached hydrogens (primary N) is 1. The van der Waals surface area contributed by atoms with Crippen LogP contribution in [0.5, 0.6) is 0 Å². The predicted molar refractivity (Wildman–Crippen MR) is 389 cm³/mol. The second-order valence-electron chi connectivity index (χ2n) is 22.1. The van der Waals surface area contributed by atoms with Crippen LogP contribution in [0.2, 0.25) is 0 Å². The highest BCUT2D eigenvalue weighted by atomic mass is 79.9. The number of nitrogens with one attached hydrogen (secondary N) is 1. The molecule has 0 radical (unpaired) electrons. The molecule has 0 aliphatic carbocycles. The van der Waals surface area contributed by atoms with E-state index in [1.54, 1.807) is 0 Å². The van der Waals surface area contributed by atoms with E-state index in [2.05, 4.69) is 334 Å². The van der Waals surface area contributed by atoms with Crippen LogP contribution in [0, 0.1) is 0 Å². The monoisotopic (exact) mass is 1220 g/mol. The molecule has 3 N–H and O–H groups in total. The highest BCUT2D eigenvalue weighted by Crippen LogP contribution is 2.38. The molecule has 0 amide bonds. The van der Waals surface area contributed by atoms with E-state index in [1.165, 1.54) is 116 Å². The van der Waals surface area contributed by atoms with Crippen LogP contribution in [0.25, 0.3) is 122 Å². The van der Waals surface area contributed by atoms with Crippen molar-refractivity contribution in [3.8, 4) is 78.1 Å². The first-order chi connectivity index (χ1) is 43.9. The van der Waals surface area contributed by atoms with Gasteiger partial charge in [-0.2, -0.15) is 0 Å². The largest absolute Gasteiger partial charge is 0.399 e. The predicted octanol–water partition coefficient (Wildman–Crippen LogP) is 24.0. The van der Waals surface area contributed by atoms with E-state index in [4.69, 9.17) is 5.73 Å². The van der Waals surface area contributed by atoms with Gasteiger partial charge in [0.1, 0.15) is 0 Å². The Morgan fingerprint density at radius 1 is 0.233 bits per heavy atom. The van der Waals surface area contributed by atoms with Gasteiger partial charge >= 0.3 is 0 Å². The maximum atomic E-state index is 5.60. The molecule has 0 unspecified atom stereocenters. The maximum absolute atomic E-state index is 5.60. The van der Waals surface area contributed by atoms with Crippen LogP contribution in [0.4, 0.5) is 17.1 Å². The van der Waals surface area contributed by atoms with Crippen LogP contribution in [0.1, 0.15) is 7.43 Å². The van der Waals surface area contributed by atoms with Crippen LogP contribution >= 0.6 is 15.9 Å². The lowest BCUT2D eigenvalue weighted by atomic mass is 10.0. The number of rotatable bonds is 10. The molecule has 0 aliphatic heterocycles. The molecule has 14 aromatic carbocycles. The van der Waals surface area contributed by atoms with E-state index in [0.29, 0.717) is 0 Å². The van der Waals surface area contributed by atoms with Crippen molar-refractivity contribution in [2.75, 3.05) is 11.1 Å². The summed E-state index contributed by atoms with van der Waals surface area (Å²) in [6.07, 6.45) is 0. The molecule has 0 spiro atoms. The number of para-hydroxylation sites is 2. The Labute approximate surface area is 535 Å². The SMILES string of the molecule is Brc1ccc(-c2ccc(-n3c4ccccc4c4cc(-c5ccccc5)ccc43)cc2)cc1.C.Nc1ccc(-c2ccccc2)cc1.c1ccc(-c2ccc(Nc3ccc(-c4ccc(-n5c6ccccc6c6cc(-c7ccccc7)ccc65)cc4)cc3)cc2)cc1. The molecular weight excluding hydrogens is 1160 g/mol. The second kappa shape index (κ2) is 26.4. The fourth-order valence-corrected chi connectivity index (χ4v) is 12.2. The molecule has 432 valence electrons. The first-order valence-electron chi connectivity index (χ1n) is 30.0. The lowest BCUT2D eigenvalue weighted by molar-refractivity contribution is 1.18. The van der Waals surface area contributed by atoms with Gasteiger partial charge < -0.3 is 20.2 Å². The Bertz CT molecular complexity index is 5020. The third-order valence-corrected chi connectivity index (χ3v) is 17.0. The summed E-state index contributed by atoms with van der Waals surface area (Å²) in [4.78, 5) is 0. The lowest BCUT2D eigenvalue weighted by Gasteiger charge is -2.11. The van der Waals surface area contributed by atoms with Crippen molar-refractivity contribution in [2.24, 2.45) is 0 Å². The zero-order valence-corrected chi connectivity index (χ0v) is 50.4. The standard InChI is InChI=1S/C42H30N2.C30H20BrN.C12H11N.CH4/c1-3-9-30(10-4-1)32-15-22-36(23-16-32)43-37-24-17-33(18-25-37)34-19-26-38(27-20-34)44-41-14-8-7-13-39(41)40-29-35(21-28-42(40)44)31-11-5-2-6-12-31;31-25-15-10-22(11-16-25)23-12-17-26(18-13-23)32-29-9-5-4-8-27(29)28-20-24(14-19-30(28)32)21-6-2-1-3-7-21;13-12-8-6-11(7-9-12)10-4-2-1-3-5-10;/h1-29,43H;1-20H;1-9H,13H2;1H4. The van der Waals surface area contributed by atoms with Crippen LogP contribution in [-0.4, -0.2) is 9.13 Å². The number of hydrogen-bond donors (Lipinski definition) is 2. The van der Waals surface area contributed by atoms with E-state index in [9.17, 15) is 0 Å². The molecular formula is C85H65BrN4. The van der Waals surface area contributed by atoms with Crippen molar-refractivity contribution in [3.05, 3.63) is 356 Å². The van der Waals surface area contributed by atoms with Gasteiger partial charge in [-0.15, -0.1) is 0 Å². The molecule has 0 saturated heterocycles. The number of benzene rings is 14. The zero-order chi connectivity index (χ0) is 59.9. The molecule has 0 saturated carbocycles. The van der Waals surface area contributed by atoms with E-state index in [1.807, 2.05) is 48.5 Å². The van der Waals surface area contributed by atoms with E-state index in [-0.39, 0.29) is 7.43 Å². The smallest absolute Gasteiger partial charge is 0.0541 e. The summed E-state index contributed by atoms with van der Waals surface area (Å²) >= 11 is 3.52. The van der Waals surface area contributed by atoms with Crippen LogP contribution in [-0.2, 0) is 0 Å². The van der Waals surface area contributed by atoms with Crippen LogP contribution in [0.15, 0.2) is 356 Å². The third-order valence-electron chi connectivity index (χ3n) is 16.5. The van der Waals surface area contributed by atoms with E-state index in [0.717, 1.165) is 27.2 Å². The first-order valence-corrected chi connectivity index (χ1v) is 30.8. The van der Waals surface area contributed by atoms with Gasteiger partial charge in [-0.1, -0.05) is 266 Å². The molecule has 4 nitrogen and oxygen atoms in total. The van der Waals surface area contributed by atoms with Crippen molar-refractivity contribution in [1.29, 1.82) is 0 Å². The van der Waals surface area contributed by atoms with Crippen molar-refractivity contribution >= 4 is 76.6 Å². The zero-order valence-electron chi connectivity index (χ0n) is 48.8. The van der Waals surface area contributed by atoms with Crippen LogP contribution < -0.4 is 11.1 Å². The summed E-state index contributed by atoms with van der Waals surface area (Å²) in [5.41, 5.74) is 30.4. The molecule has 16 rings (SSSR count). The summed E-state index contributed by atoms with van der Waals surface area (Å²) < 4.78 is 5.84. The topological polar surface area (TPSA) is 47.9 Å². The Kier molecular flexibility index (Phi) is 17.0. The molecule has 90 heavy (non-hydrogen) atoms. The number of nitrogens with zero attached hydrogens (tertiary/aromatic N) is 2. The summed E-state index contributed by atoms with van der Waals surface area (Å²) in [6.45, 7) is 0. The van der Waals surface area contributed by atoms with Crippen molar-refractivity contribution in [2.45, 2.75) is 7.43 Å². The highest BCUT2D eigenvalue weighted by molar-refractivity contribution is 9.10. The first kappa shape index (κ1) is 57.8. The van der Waals surface area contributed by atoms with Gasteiger partial charge in [0.05, 0.1) is 22.1 Å². The fraction of sp³-hybridized carbons (Fsp3) is 0.0118. The third kappa shape index (κ3) is 12.4. The summed E-state index contributed by atoms with van der Waals surface area (Å²) in [6, 6.07) is 124. The minimum Gasteiger partial charge on any atom is -0.399 e. The fourth-order valence-electron chi connectivity index (χ4n) is 12.0. The van der Waals surface area contributed by atoms with Gasteiger partial charge in [0.2, 0.25) is 0 Å². The Hall–Kier alpha value is -11.2. The molecule has 0 aliphatic rings. The van der Waals surface area contributed by atoms with Gasteiger partial charge in [0.25, 0.3) is 0 Å². The summed E-state index contributed by atoms with van der Waals surface area (Å²) in [5, 5.41) is 8.62. The van der Waals surface area contributed by atoms with Gasteiger partial charge in [-0.25, -0.2) is 0 Å². The second-order valence-corrected chi connectivity index (χ2v) is 23.1. The van der Waals surface area contributed by atoms with Gasteiger partial charge in [-0.05, 0) is 176 Å². The molecule has 5 heteroatoms. The molecule has 0 atom stereocenters. The van der Waals surface area contributed by atoms with Crippen LogP contribution in [0.3, 0.4) is 0 Å². The van der Waals surface area contributed by atoms with Crippen molar-refractivity contribution in [1.82, 2.24) is 9.13 Å². The highest BCUT2D eigenvalue weighted by Gasteiger charge is 2.16. The normalized spacial score (nSPS) is 10.9. The molecule has 0 bridgehead atoms. The average molecular weight is 1220 g/mol. The Balaban J connectivity index is 0.000000141. The number of anilines is 3. The van der Waals surface area contributed by atoms with Crippen molar-refractivity contribution < 1.29 is 0 Å². The number of aromatic nitrogens is 2. The van der Waals surface area contributed by atoms with Crippen molar-refractivity contribution in [3.63, 3.8) is 0 Å². The average Bonchev–Trinajstić information content (AvgIpc) is 2.04. The summed E-state index contributed by atoms with van der Waals surface area (Å²) in [5.74, 6) is 0. The molecule has 0 fully saturated rings. The number of hydrogen-bond acceptors (Lipinski definition) is 2. The van der Waals surface area contributed by atoms with Gasteiger partial charge in [0.15, 0.2) is 0 Å². The van der Waals surface area contributed by atoms with Gasteiger partial charge in [-0.3, -0.25) is 0 Å². The quantitative estimate of drug-likeness (QED) is 0.134. The van der Waals surface area contributed by atoms with Gasteiger partial charge in [0, 0.05) is 54.5 Å². The molecule has 16 aromatic rings.